The Hall–Kier alpha value is -2.33. The molecule has 0 heterocycles. The van der Waals surface area contributed by atoms with Crippen molar-refractivity contribution in [2.75, 3.05) is 0 Å². The van der Waals surface area contributed by atoms with Gasteiger partial charge in [0, 0.05) is 17.1 Å². The second kappa shape index (κ2) is 8.50. The van der Waals surface area contributed by atoms with Crippen LogP contribution in [0.2, 0.25) is 5.02 Å². The van der Waals surface area contributed by atoms with Gasteiger partial charge in [-0.25, -0.2) is 0 Å². The molecule has 0 aliphatic heterocycles. The van der Waals surface area contributed by atoms with Crippen molar-refractivity contribution in [2.45, 2.75) is 26.4 Å². The molecule has 5 heteroatoms. The van der Waals surface area contributed by atoms with Crippen LogP contribution >= 0.6 is 11.6 Å². The maximum absolute atomic E-state index is 12.4. The summed E-state index contributed by atoms with van der Waals surface area (Å²) in [4.78, 5) is 24.7. The zero-order chi connectivity index (χ0) is 17.5. The summed E-state index contributed by atoms with van der Waals surface area (Å²) in [5.41, 5.74) is 1.48. The van der Waals surface area contributed by atoms with Crippen molar-refractivity contribution in [1.82, 2.24) is 10.6 Å². The van der Waals surface area contributed by atoms with E-state index in [-0.39, 0.29) is 17.7 Å². The molecular formula is C19H21ClN2O2. The van der Waals surface area contributed by atoms with E-state index in [0.29, 0.717) is 17.1 Å². The van der Waals surface area contributed by atoms with E-state index in [2.05, 4.69) is 10.6 Å². The molecule has 0 spiro atoms. The Bertz CT molecular complexity index is 684. The molecule has 24 heavy (non-hydrogen) atoms. The fourth-order valence-electron chi connectivity index (χ4n) is 2.25. The fourth-order valence-corrected chi connectivity index (χ4v) is 2.38. The minimum atomic E-state index is -0.593. The summed E-state index contributed by atoms with van der Waals surface area (Å²) in [5.74, 6) is -0.483. The third-order valence-electron chi connectivity index (χ3n) is 3.65. The maximum atomic E-state index is 12.4. The Kier molecular flexibility index (Phi) is 6.38. The highest BCUT2D eigenvalue weighted by atomic mass is 35.5. The lowest BCUT2D eigenvalue weighted by Crippen LogP contribution is -2.49. The normalized spacial score (nSPS) is 11.8. The van der Waals surface area contributed by atoms with Crippen LogP contribution in [0.25, 0.3) is 0 Å². The Labute approximate surface area is 147 Å². The topological polar surface area (TPSA) is 58.2 Å². The molecule has 126 valence electrons. The number of benzene rings is 2. The molecule has 2 aromatic rings. The third kappa shape index (κ3) is 5.10. The van der Waals surface area contributed by atoms with Crippen LogP contribution in [0, 0.1) is 5.92 Å². The van der Waals surface area contributed by atoms with Crippen molar-refractivity contribution in [3.8, 4) is 0 Å². The van der Waals surface area contributed by atoms with Crippen LogP contribution in [0.5, 0.6) is 0 Å². The first-order chi connectivity index (χ1) is 11.5. The number of carbonyl (C=O) groups is 2. The predicted molar refractivity (Wildman–Crippen MR) is 95.8 cm³/mol. The third-order valence-corrected chi connectivity index (χ3v) is 3.90. The van der Waals surface area contributed by atoms with Crippen LogP contribution in [-0.2, 0) is 11.3 Å². The van der Waals surface area contributed by atoms with Crippen LogP contribution in [0.1, 0.15) is 29.8 Å². The van der Waals surface area contributed by atoms with Gasteiger partial charge in [0.25, 0.3) is 5.91 Å². The minimum Gasteiger partial charge on any atom is -0.350 e. The summed E-state index contributed by atoms with van der Waals surface area (Å²) >= 11 is 5.85. The van der Waals surface area contributed by atoms with Gasteiger partial charge in [-0.15, -0.1) is 0 Å². The lowest BCUT2D eigenvalue weighted by Gasteiger charge is -2.21. The molecule has 0 aliphatic rings. The van der Waals surface area contributed by atoms with Crippen LogP contribution < -0.4 is 10.6 Å². The van der Waals surface area contributed by atoms with E-state index in [1.165, 1.54) is 0 Å². The molecule has 0 unspecified atom stereocenters. The minimum absolute atomic E-state index is 0.0251. The highest BCUT2D eigenvalue weighted by Gasteiger charge is 2.24. The monoisotopic (exact) mass is 344 g/mol. The van der Waals surface area contributed by atoms with E-state index in [0.717, 1.165) is 5.56 Å². The molecule has 2 amide bonds. The number of rotatable bonds is 6. The quantitative estimate of drug-likeness (QED) is 0.843. The van der Waals surface area contributed by atoms with E-state index in [4.69, 9.17) is 11.6 Å². The number of amides is 2. The SMILES string of the molecule is CC(C)[C@@H](NC(=O)c1ccccc1)C(=O)NCc1ccc(Cl)cc1. The van der Waals surface area contributed by atoms with Gasteiger partial charge in [0.1, 0.15) is 6.04 Å². The summed E-state index contributed by atoms with van der Waals surface area (Å²) in [6.07, 6.45) is 0. The Morgan fingerprint density at radius 1 is 1.00 bits per heavy atom. The average molecular weight is 345 g/mol. The lowest BCUT2D eigenvalue weighted by atomic mass is 10.0. The molecule has 0 saturated heterocycles. The van der Waals surface area contributed by atoms with Gasteiger partial charge in [-0.05, 0) is 35.7 Å². The first kappa shape index (κ1) is 18.0. The van der Waals surface area contributed by atoms with Crippen molar-refractivity contribution in [2.24, 2.45) is 5.92 Å². The molecule has 4 nitrogen and oxygen atoms in total. The second-order valence-electron chi connectivity index (χ2n) is 5.91. The summed E-state index contributed by atoms with van der Waals surface area (Å²) in [6, 6.07) is 15.5. The van der Waals surface area contributed by atoms with E-state index in [9.17, 15) is 9.59 Å². The van der Waals surface area contributed by atoms with Gasteiger partial charge < -0.3 is 10.6 Å². The van der Waals surface area contributed by atoms with Gasteiger partial charge in [0.15, 0.2) is 0 Å². The highest BCUT2D eigenvalue weighted by molar-refractivity contribution is 6.30. The Morgan fingerprint density at radius 2 is 1.62 bits per heavy atom. The molecule has 0 aliphatic carbocycles. The molecule has 0 aromatic heterocycles. The zero-order valence-electron chi connectivity index (χ0n) is 13.8. The summed E-state index contributed by atoms with van der Waals surface area (Å²) in [7, 11) is 0. The van der Waals surface area contributed by atoms with Crippen molar-refractivity contribution < 1.29 is 9.59 Å². The van der Waals surface area contributed by atoms with Crippen molar-refractivity contribution >= 4 is 23.4 Å². The molecule has 0 saturated carbocycles. The number of carbonyl (C=O) groups excluding carboxylic acids is 2. The fraction of sp³-hybridized carbons (Fsp3) is 0.263. The van der Waals surface area contributed by atoms with E-state index < -0.39 is 6.04 Å². The van der Waals surface area contributed by atoms with Crippen LogP contribution in [-0.4, -0.2) is 17.9 Å². The molecular weight excluding hydrogens is 324 g/mol. The first-order valence-electron chi connectivity index (χ1n) is 7.85. The standard InChI is InChI=1S/C19H21ClN2O2/c1-13(2)17(22-18(23)15-6-4-3-5-7-15)19(24)21-12-14-8-10-16(20)11-9-14/h3-11,13,17H,12H2,1-2H3,(H,21,24)(H,22,23)/t17-/m1/s1. The van der Waals surface area contributed by atoms with Crippen molar-refractivity contribution in [3.63, 3.8) is 0 Å². The van der Waals surface area contributed by atoms with Gasteiger partial charge in [0.2, 0.25) is 5.91 Å². The Morgan fingerprint density at radius 3 is 2.21 bits per heavy atom. The van der Waals surface area contributed by atoms with E-state index >= 15 is 0 Å². The molecule has 2 rings (SSSR count). The highest BCUT2D eigenvalue weighted by Crippen LogP contribution is 2.10. The van der Waals surface area contributed by atoms with Crippen molar-refractivity contribution in [1.29, 1.82) is 0 Å². The molecule has 2 N–H and O–H groups in total. The van der Waals surface area contributed by atoms with Gasteiger partial charge in [-0.1, -0.05) is 55.8 Å². The molecule has 0 fully saturated rings. The molecule has 1 atom stereocenters. The molecule has 2 aromatic carbocycles. The van der Waals surface area contributed by atoms with Crippen molar-refractivity contribution in [3.05, 3.63) is 70.7 Å². The maximum Gasteiger partial charge on any atom is 0.251 e. The summed E-state index contributed by atoms with van der Waals surface area (Å²) in [5, 5.41) is 6.32. The van der Waals surface area contributed by atoms with E-state index in [1.54, 1.807) is 36.4 Å². The molecule has 0 radical (unpaired) electrons. The second-order valence-corrected chi connectivity index (χ2v) is 6.34. The Balaban J connectivity index is 1.97. The van der Waals surface area contributed by atoms with Crippen LogP contribution in [0.3, 0.4) is 0 Å². The first-order valence-corrected chi connectivity index (χ1v) is 8.23. The summed E-state index contributed by atoms with van der Waals surface area (Å²) in [6.45, 7) is 4.19. The molecule has 0 bridgehead atoms. The van der Waals surface area contributed by atoms with Gasteiger partial charge in [0.05, 0.1) is 0 Å². The number of hydrogen-bond acceptors (Lipinski definition) is 2. The lowest BCUT2D eigenvalue weighted by molar-refractivity contribution is -0.124. The number of nitrogens with one attached hydrogen (secondary N) is 2. The summed E-state index contributed by atoms with van der Waals surface area (Å²) < 4.78 is 0. The predicted octanol–water partition coefficient (Wildman–Crippen LogP) is 3.41. The largest absolute Gasteiger partial charge is 0.350 e. The van der Waals surface area contributed by atoms with Gasteiger partial charge >= 0.3 is 0 Å². The van der Waals surface area contributed by atoms with E-state index in [1.807, 2.05) is 32.0 Å². The number of hydrogen-bond donors (Lipinski definition) is 2. The number of halogens is 1. The van der Waals surface area contributed by atoms with Gasteiger partial charge in [-0.2, -0.15) is 0 Å². The average Bonchev–Trinajstić information content (AvgIpc) is 2.59. The van der Waals surface area contributed by atoms with Crippen LogP contribution in [0.15, 0.2) is 54.6 Å². The zero-order valence-corrected chi connectivity index (χ0v) is 14.5. The smallest absolute Gasteiger partial charge is 0.251 e. The van der Waals surface area contributed by atoms with Crippen LogP contribution in [0.4, 0.5) is 0 Å². The van der Waals surface area contributed by atoms with Gasteiger partial charge in [-0.3, -0.25) is 9.59 Å².